The molecule has 0 aliphatic carbocycles. The molecule has 1 unspecified atom stereocenters. The Morgan fingerprint density at radius 1 is 1.21 bits per heavy atom. The van der Waals surface area contributed by atoms with Gasteiger partial charge >= 0.3 is 11.9 Å². The van der Waals surface area contributed by atoms with Crippen LogP contribution in [0, 0.1) is 5.92 Å². The highest BCUT2D eigenvalue weighted by molar-refractivity contribution is 6.34. The van der Waals surface area contributed by atoms with Crippen molar-refractivity contribution in [2.24, 2.45) is 5.92 Å². The third-order valence-electron chi connectivity index (χ3n) is 1.36. The van der Waals surface area contributed by atoms with E-state index in [-0.39, 0.29) is 0 Å². The first-order valence-corrected chi connectivity index (χ1v) is 3.60. The third-order valence-corrected chi connectivity index (χ3v) is 1.36. The lowest BCUT2D eigenvalue weighted by molar-refractivity contribution is -0.151. The number of carboxylic acid groups (broad SMARTS) is 2. The molecular formula is C8H8O6. The molecule has 0 rings (SSSR count). The van der Waals surface area contributed by atoms with Gasteiger partial charge in [-0.15, -0.1) is 0 Å². The van der Waals surface area contributed by atoms with Crippen LogP contribution >= 0.6 is 0 Å². The molecule has 6 heteroatoms. The van der Waals surface area contributed by atoms with Crippen LogP contribution in [0.15, 0.2) is 12.2 Å². The molecule has 0 aromatic carbocycles. The summed E-state index contributed by atoms with van der Waals surface area (Å²) >= 11 is 0. The van der Waals surface area contributed by atoms with Gasteiger partial charge in [0.1, 0.15) is 6.29 Å². The normalized spacial score (nSPS) is 12.3. The smallest absolute Gasteiger partial charge is 0.372 e. The van der Waals surface area contributed by atoms with Gasteiger partial charge < -0.3 is 10.2 Å². The number of rotatable bonds is 6. The van der Waals surface area contributed by atoms with Crippen molar-refractivity contribution in [1.29, 1.82) is 0 Å². The van der Waals surface area contributed by atoms with Crippen LogP contribution in [0.2, 0.25) is 0 Å². The summed E-state index contributed by atoms with van der Waals surface area (Å²) in [5, 5.41) is 16.6. The number of ketones is 1. The van der Waals surface area contributed by atoms with E-state index in [2.05, 4.69) is 0 Å². The molecule has 0 aromatic heterocycles. The monoisotopic (exact) mass is 200 g/mol. The molecule has 0 saturated heterocycles. The van der Waals surface area contributed by atoms with Crippen LogP contribution in [0.25, 0.3) is 0 Å². The Balaban J connectivity index is 4.62. The van der Waals surface area contributed by atoms with E-state index in [1.165, 1.54) is 0 Å². The van der Waals surface area contributed by atoms with Crippen molar-refractivity contribution in [2.75, 3.05) is 0 Å². The molecular weight excluding hydrogens is 192 g/mol. The summed E-state index contributed by atoms with van der Waals surface area (Å²) < 4.78 is 0. The topological polar surface area (TPSA) is 109 Å². The minimum Gasteiger partial charge on any atom is -0.481 e. The molecule has 0 fully saturated rings. The summed E-state index contributed by atoms with van der Waals surface area (Å²) in [6.07, 6.45) is 1.55. The summed E-state index contributed by atoms with van der Waals surface area (Å²) in [6, 6.07) is 0. The van der Waals surface area contributed by atoms with Crippen LogP contribution < -0.4 is 0 Å². The highest BCUT2D eigenvalue weighted by Crippen LogP contribution is 2.06. The van der Waals surface area contributed by atoms with E-state index in [4.69, 9.17) is 10.2 Å². The van der Waals surface area contributed by atoms with Crippen LogP contribution in [-0.4, -0.2) is 34.2 Å². The van der Waals surface area contributed by atoms with Gasteiger partial charge in [0.15, 0.2) is 0 Å². The van der Waals surface area contributed by atoms with Crippen molar-refractivity contribution in [2.45, 2.75) is 6.42 Å². The molecule has 0 radical (unpaired) electrons. The first-order chi connectivity index (χ1) is 6.49. The predicted octanol–water partition coefficient (Wildman–Crippen LogP) is -0.514. The lowest BCUT2D eigenvalue weighted by Gasteiger charge is -2.03. The first kappa shape index (κ1) is 12.0. The molecule has 76 valence electrons. The van der Waals surface area contributed by atoms with Gasteiger partial charge in [-0.05, 0) is 6.08 Å². The SMILES string of the molecule is O=CC=CC(CC(=O)O)C(=O)C(=O)O. The molecule has 0 heterocycles. The molecule has 0 amide bonds. The van der Waals surface area contributed by atoms with Crippen LogP contribution in [0.3, 0.4) is 0 Å². The Labute approximate surface area is 78.8 Å². The number of carboxylic acids is 2. The lowest BCUT2D eigenvalue weighted by atomic mass is 10.00. The number of allylic oxidation sites excluding steroid dienone is 2. The summed E-state index contributed by atoms with van der Waals surface area (Å²) in [7, 11) is 0. The number of carbonyl (C=O) groups is 4. The number of carbonyl (C=O) groups excluding carboxylic acids is 2. The molecule has 1 atom stereocenters. The van der Waals surface area contributed by atoms with Gasteiger partial charge in [-0.1, -0.05) is 6.08 Å². The number of hydrogen-bond donors (Lipinski definition) is 2. The maximum atomic E-state index is 10.9. The minimum atomic E-state index is -1.72. The molecule has 0 spiro atoms. The summed E-state index contributed by atoms with van der Waals surface area (Å²) in [6.45, 7) is 0. The number of hydrogen-bond acceptors (Lipinski definition) is 4. The molecule has 0 aliphatic heterocycles. The minimum absolute atomic E-state index is 0.337. The van der Waals surface area contributed by atoms with Crippen molar-refractivity contribution in [3.05, 3.63) is 12.2 Å². The molecule has 0 aromatic rings. The summed E-state index contributed by atoms with van der Waals surface area (Å²) in [5.41, 5.74) is 0. The zero-order valence-corrected chi connectivity index (χ0v) is 7.04. The van der Waals surface area contributed by atoms with Gasteiger partial charge in [-0.25, -0.2) is 4.79 Å². The third kappa shape index (κ3) is 4.15. The largest absolute Gasteiger partial charge is 0.481 e. The second kappa shape index (κ2) is 5.63. The van der Waals surface area contributed by atoms with Crippen LogP contribution in [0.5, 0.6) is 0 Å². The lowest BCUT2D eigenvalue weighted by Crippen LogP contribution is -2.24. The number of aldehydes is 1. The quantitative estimate of drug-likeness (QED) is 0.339. The molecule has 0 bridgehead atoms. The van der Waals surface area contributed by atoms with Crippen molar-refractivity contribution in [3.63, 3.8) is 0 Å². The highest BCUT2D eigenvalue weighted by Gasteiger charge is 2.24. The van der Waals surface area contributed by atoms with Gasteiger partial charge in [-0.3, -0.25) is 14.4 Å². The second-order valence-electron chi connectivity index (χ2n) is 2.39. The maximum absolute atomic E-state index is 10.9. The van der Waals surface area contributed by atoms with Gasteiger partial charge in [0.2, 0.25) is 5.78 Å². The summed E-state index contributed by atoms with van der Waals surface area (Å²) in [4.78, 5) is 41.2. The van der Waals surface area contributed by atoms with Gasteiger partial charge in [0.25, 0.3) is 0 Å². The molecule has 6 nitrogen and oxygen atoms in total. The van der Waals surface area contributed by atoms with Crippen LogP contribution in [0.4, 0.5) is 0 Å². The van der Waals surface area contributed by atoms with E-state index in [1.54, 1.807) is 0 Å². The Hall–Kier alpha value is -1.98. The fourth-order valence-electron chi connectivity index (χ4n) is 0.774. The molecule has 14 heavy (non-hydrogen) atoms. The van der Waals surface area contributed by atoms with E-state index in [0.29, 0.717) is 6.29 Å². The molecule has 2 N–H and O–H groups in total. The van der Waals surface area contributed by atoms with Crippen molar-refractivity contribution in [1.82, 2.24) is 0 Å². The average molecular weight is 200 g/mol. The van der Waals surface area contributed by atoms with Gasteiger partial charge in [0.05, 0.1) is 12.3 Å². The van der Waals surface area contributed by atoms with E-state index in [9.17, 15) is 19.2 Å². The second-order valence-corrected chi connectivity index (χ2v) is 2.39. The standard InChI is InChI=1S/C8H8O6/c9-3-1-2-5(4-6(10)11)7(12)8(13)14/h1-3,5H,4H2,(H,10,11)(H,13,14). The average Bonchev–Trinajstić information content (AvgIpc) is 2.10. The first-order valence-electron chi connectivity index (χ1n) is 3.60. The predicted molar refractivity (Wildman–Crippen MR) is 43.6 cm³/mol. The van der Waals surface area contributed by atoms with E-state index in [1.807, 2.05) is 0 Å². The van der Waals surface area contributed by atoms with Crippen molar-refractivity contribution >= 4 is 24.0 Å². The van der Waals surface area contributed by atoms with E-state index >= 15 is 0 Å². The van der Waals surface area contributed by atoms with Gasteiger partial charge in [0, 0.05) is 0 Å². The fourth-order valence-corrected chi connectivity index (χ4v) is 0.774. The number of aliphatic carboxylic acids is 2. The Kier molecular flexibility index (Phi) is 4.83. The zero-order chi connectivity index (χ0) is 11.1. The van der Waals surface area contributed by atoms with E-state index < -0.39 is 30.1 Å². The van der Waals surface area contributed by atoms with Crippen LogP contribution in [0.1, 0.15) is 6.42 Å². The Morgan fingerprint density at radius 3 is 2.14 bits per heavy atom. The zero-order valence-electron chi connectivity index (χ0n) is 7.04. The van der Waals surface area contributed by atoms with Gasteiger partial charge in [-0.2, -0.15) is 0 Å². The number of Topliss-reactive ketones (excluding diaryl/α,β-unsaturated/α-hetero) is 1. The van der Waals surface area contributed by atoms with Crippen molar-refractivity contribution in [3.8, 4) is 0 Å². The maximum Gasteiger partial charge on any atom is 0.372 e. The molecule has 0 saturated carbocycles. The fraction of sp³-hybridized carbons (Fsp3) is 0.250. The summed E-state index contributed by atoms with van der Waals surface area (Å²) in [5.74, 6) is -5.56. The Morgan fingerprint density at radius 2 is 1.79 bits per heavy atom. The Bertz CT molecular complexity index is 290. The molecule has 0 aliphatic rings. The van der Waals surface area contributed by atoms with Crippen molar-refractivity contribution < 1.29 is 29.4 Å². The van der Waals surface area contributed by atoms with Crippen LogP contribution in [-0.2, 0) is 19.2 Å². The highest BCUT2D eigenvalue weighted by atomic mass is 16.4. The van der Waals surface area contributed by atoms with E-state index in [0.717, 1.165) is 12.2 Å².